The first kappa shape index (κ1) is 22.3. The van der Waals surface area contributed by atoms with Gasteiger partial charge in [0.15, 0.2) is 5.16 Å². The first-order valence-corrected chi connectivity index (χ1v) is 11.4. The van der Waals surface area contributed by atoms with Crippen LogP contribution in [0.25, 0.3) is 5.69 Å². The second-order valence-electron chi connectivity index (χ2n) is 7.46. The van der Waals surface area contributed by atoms with Crippen LogP contribution in [0.3, 0.4) is 0 Å². The number of hydrogen-bond donors (Lipinski definition) is 2. The summed E-state index contributed by atoms with van der Waals surface area (Å²) in [6.07, 6.45) is 2.62. The maximum Gasteiger partial charge on any atom is 0.234 e. The molecule has 0 atom stereocenters. The quantitative estimate of drug-likeness (QED) is 0.389. The van der Waals surface area contributed by atoms with E-state index in [1.54, 1.807) is 24.3 Å². The molecule has 0 aliphatic heterocycles. The molecule has 4 aromatic rings. The van der Waals surface area contributed by atoms with Crippen molar-refractivity contribution in [1.29, 1.82) is 0 Å². The summed E-state index contributed by atoms with van der Waals surface area (Å²) in [5, 5.41) is 15.0. The summed E-state index contributed by atoms with van der Waals surface area (Å²) in [4.78, 5) is 23.9. The molecule has 0 fully saturated rings. The lowest BCUT2D eigenvalue weighted by molar-refractivity contribution is -0.114. The van der Waals surface area contributed by atoms with E-state index in [4.69, 9.17) is 0 Å². The zero-order chi connectivity index (χ0) is 23.2. The topological polar surface area (TPSA) is 93.8 Å². The Hall–Kier alpha value is -3.85. The summed E-state index contributed by atoms with van der Waals surface area (Å²) >= 11 is 1.32. The van der Waals surface area contributed by atoms with Crippen LogP contribution in [0.2, 0.25) is 0 Å². The molecule has 2 aromatic heterocycles. The average molecular weight is 461 g/mol. The van der Waals surface area contributed by atoms with Crippen molar-refractivity contribution in [2.45, 2.75) is 18.5 Å². The molecule has 0 spiro atoms. The highest BCUT2D eigenvalue weighted by atomic mass is 32.2. The molecule has 2 N–H and O–H groups in total. The minimum absolute atomic E-state index is 0.166. The average Bonchev–Trinajstić information content (AvgIpc) is 3.39. The molecular weight excluding hydrogens is 436 g/mol. The Kier molecular flexibility index (Phi) is 6.89. The van der Waals surface area contributed by atoms with Crippen molar-refractivity contribution in [3.63, 3.8) is 0 Å². The van der Waals surface area contributed by atoms with Crippen molar-refractivity contribution in [3.8, 4) is 5.69 Å². The highest BCUT2D eigenvalue weighted by molar-refractivity contribution is 7.99. The Morgan fingerprint density at radius 3 is 2.39 bits per heavy atom. The van der Waals surface area contributed by atoms with Crippen molar-refractivity contribution in [3.05, 3.63) is 84.4 Å². The fourth-order valence-corrected chi connectivity index (χ4v) is 4.16. The van der Waals surface area contributed by atoms with Crippen molar-refractivity contribution in [1.82, 2.24) is 19.3 Å². The van der Waals surface area contributed by atoms with E-state index in [2.05, 4.69) is 31.5 Å². The normalized spacial score (nSPS) is 10.7. The van der Waals surface area contributed by atoms with Gasteiger partial charge in [-0.1, -0.05) is 36.0 Å². The van der Waals surface area contributed by atoms with Crippen LogP contribution in [-0.2, 0) is 23.1 Å². The molecule has 4 rings (SSSR count). The number of thioether (sulfide) groups is 1. The monoisotopic (exact) mass is 460 g/mol. The standard InChI is InChI=1S/C24H24N6O2S/c1-17(31)25-18-8-6-9-19(14-18)26-23(32)16-33-24-28-27-22(15-21-12-7-13-29(21)2)30(24)20-10-4-3-5-11-20/h3-14H,15-16H2,1-2H3,(H,25,31)(H,26,32). The minimum atomic E-state index is -0.174. The van der Waals surface area contributed by atoms with Crippen LogP contribution in [0.1, 0.15) is 18.4 Å². The van der Waals surface area contributed by atoms with Crippen LogP contribution < -0.4 is 10.6 Å². The number of benzene rings is 2. The zero-order valence-electron chi connectivity index (χ0n) is 18.4. The molecule has 2 aromatic carbocycles. The van der Waals surface area contributed by atoms with Crippen LogP contribution in [0.15, 0.2) is 78.1 Å². The molecule has 2 amide bonds. The van der Waals surface area contributed by atoms with Crippen molar-refractivity contribution in [2.75, 3.05) is 16.4 Å². The summed E-state index contributed by atoms with van der Waals surface area (Å²) in [6.45, 7) is 1.44. The maximum atomic E-state index is 12.6. The smallest absolute Gasteiger partial charge is 0.234 e. The van der Waals surface area contributed by atoms with Gasteiger partial charge in [0, 0.05) is 49.3 Å². The van der Waals surface area contributed by atoms with E-state index in [1.807, 2.05) is 54.2 Å². The fourth-order valence-electron chi connectivity index (χ4n) is 3.39. The Morgan fingerprint density at radius 2 is 1.70 bits per heavy atom. The number of carbonyl (C=O) groups excluding carboxylic acids is 2. The molecule has 33 heavy (non-hydrogen) atoms. The van der Waals surface area contributed by atoms with Crippen molar-refractivity contribution >= 4 is 35.0 Å². The van der Waals surface area contributed by atoms with Gasteiger partial charge in [-0.25, -0.2) is 0 Å². The number of carbonyl (C=O) groups is 2. The molecule has 8 nitrogen and oxygen atoms in total. The number of aryl methyl sites for hydroxylation is 1. The predicted octanol–water partition coefficient (Wildman–Crippen LogP) is 3.89. The Bertz CT molecular complexity index is 1260. The number of aromatic nitrogens is 4. The van der Waals surface area contributed by atoms with E-state index >= 15 is 0 Å². The van der Waals surface area contributed by atoms with Gasteiger partial charge in [-0.15, -0.1) is 10.2 Å². The Morgan fingerprint density at radius 1 is 0.939 bits per heavy atom. The lowest BCUT2D eigenvalue weighted by Crippen LogP contribution is -2.15. The highest BCUT2D eigenvalue weighted by Gasteiger charge is 2.17. The molecule has 0 aliphatic rings. The number of amides is 2. The van der Waals surface area contributed by atoms with E-state index in [0.29, 0.717) is 23.0 Å². The van der Waals surface area contributed by atoms with Gasteiger partial charge in [-0.2, -0.15) is 0 Å². The number of nitrogens with one attached hydrogen (secondary N) is 2. The van der Waals surface area contributed by atoms with E-state index in [9.17, 15) is 9.59 Å². The first-order valence-electron chi connectivity index (χ1n) is 10.4. The molecule has 0 saturated carbocycles. The van der Waals surface area contributed by atoms with Crippen LogP contribution >= 0.6 is 11.8 Å². The maximum absolute atomic E-state index is 12.6. The largest absolute Gasteiger partial charge is 0.354 e. The van der Waals surface area contributed by atoms with Gasteiger partial charge in [-0.3, -0.25) is 14.2 Å². The van der Waals surface area contributed by atoms with E-state index in [0.717, 1.165) is 17.2 Å². The van der Waals surface area contributed by atoms with Crippen LogP contribution in [-0.4, -0.2) is 36.9 Å². The van der Waals surface area contributed by atoms with Gasteiger partial charge in [0.05, 0.1) is 5.75 Å². The molecule has 0 saturated heterocycles. The molecule has 2 heterocycles. The van der Waals surface area contributed by atoms with Gasteiger partial charge in [0.1, 0.15) is 5.82 Å². The van der Waals surface area contributed by atoms with Gasteiger partial charge in [0.25, 0.3) is 0 Å². The molecule has 0 radical (unpaired) electrons. The van der Waals surface area contributed by atoms with Crippen molar-refractivity contribution < 1.29 is 9.59 Å². The van der Waals surface area contributed by atoms with Crippen LogP contribution in [0.4, 0.5) is 11.4 Å². The first-order chi connectivity index (χ1) is 16.0. The van der Waals surface area contributed by atoms with E-state index < -0.39 is 0 Å². The molecule has 0 aliphatic carbocycles. The molecule has 0 bridgehead atoms. The third kappa shape index (κ3) is 5.69. The number of nitrogens with zero attached hydrogens (tertiary/aromatic N) is 4. The fraction of sp³-hybridized carbons (Fsp3) is 0.167. The predicted molar refractivity (Wildman–Crippen MR) is 130 cm³/mol. The minimum Gasteiger partial charge on any atom is -0.354 e. The number of para-hydroxylation sites is 1. The lowest BCUT2D eigenvalue weighted by Gasteiger charge is -2.11. The van der Waals surface area contributed by atoms with E-state index in [1.165, 1.54) is 18.7 Å². The zero-order valence-corrected chi connectivity index (χ0v) is 19.2. The number of anilines is 2. The van der Waals surface area contributed by atoms with Crippen LogP contribution in [0.5, 0.6) is 0 Å². The SMILES string of the molecule is CC(=O)Nc1cccc(NC(=O)CSc2nnc(Cc3cccn3C)n2-c2ccccc2)c1. The van der Waals surface area contributed by atoms with Crippen LogP contribution in [0, 0.1) is 0 Å². The Labute approximate surface area is 196 Å². The van der Waals surface area contributed by atoms with Gasteiger partial charge in [0.2, 0.25) is 11.8 Å². The number of hydrogen-bond acceptors (Lipinski definition) is 5. The highest BCUT2D eigenvalue weighted by Crippen LogP contribution is 2.24. The van der Waals surface area contributed by atoms with Gasteiger partial charge in [-0.05, 0) is 42.5 Å². The summed E-state index contributed by atoms with van der Waals surface area (Å²) in [7, 11) is 2.00. The summed E-state index contributed by atoms with van der Waals surface area (Å²) < 4.78 is 4.04. The van der Waals surface area contributed by atoms with E-state index in [-0.39, 0.29) is 17.6 Å². The summed E-state index contributed by atoms with van der Waals surface area (Å²) in [5.41, 5.74) is 3.30. The molecule has 168 valence electrons. The Balaban J connectivity index is 1.49. The van der Waals surface area contributed by atoms with Gasteiger partial charge >= 0.3 is 0 Å². The summed E-state index contributed by atoms with van der Waals surface area (Å²) in [6, 6.07) is 21.0. The second-order valence-corrected chi connectivity index (χ2v) is 8.40. The lowest BCUT2D eigenvalue weighted by atomic mass is 10.2. The third-order valence-corrected chi connectivity index (χ3v) is 5.83. The van der Waals surface area contributed by atoms with Crippen molar-refractivity contribution in [2.24, 2.45) is 7.05 Å². The third-order valence-electron chi connectivity index (χ3n) is 4.90. The second kappa shape index (κ2) is 10.2. The molecular formula is C24H24N6O2S. The number of rotatable bonds is 8. The summed E-state index contributed by atoms with van der Waals surface area (Å²) in [5.74, 6) is 0.625. The van der Waals surface area contributed by atoms with Gasteiger partial charge < -0.3 is 15.2 Å². The molecule has 9 heteroatoms. The molecule has 0 unspecified atom stereocenters.